The molecule has 0 radical (unpaired) electrons. The molecule has 0 aromatic heterocycles. The van der Waals surface area contributed by atoms with Gasteiger partial charge in [0.2, 0.25) is 0 Å². The highest BCUT2D eigenvalue weighted by Crippen LogP contribution is 2.37. The Balaban J connectivity index is 1.68. The standard InChI is InChI=1S/C20H24O3/c1-14(2)13-22-17-7-4-15(5-8-17)19-10-6-16-12-18(21-3)9-11-20(16)23-19/h4-5,7-9,11-12,14,19H,6,10,13H2,1-3H3. The van der Waals surface area contributed by atoms with Crippen molar-refractivity contribution in [2.24, 2.45) is 5.92 Å². The first kappa shape index (κ1) is 15.7. The van der Waals surface area contributed by atoms with Gasteiger partial charge in [0.1, 0.15) is 23.4 Å². The zero-order valence-electron chi connectivity index (χ0n) is 14.0. The number of aryl methyl sites for hydroxylation is 1. The number of fused-ring (bicyclic) bond motifs is 1. The number of methoxy groups -OCH3 is 1. The molecule has 0 N–H and O–H groups in total. The third kappa shape index (κ3) is 3.79. The molecular weight excluding hydrogens is 288 g/mol. The average Bonchev–Trinajstić information content (AvgIpc) is 2.59. The van der Waals surface area contributed by atoms with Crippen LogP contribution >= 0.6 is 0 Å². The molecule has 0 fully saturated rings. The first-order valence-electron chi connectivity index (χ1n) is 8.22. The molecule has 2 aromatic carbocycles. The van der Waals surface area contributed by atoms with Gasteiger partial charge in [0.25, 0.3) is 0 Å². The van der Waals surface area contributed by atoms with Gasteiger partial charge in [-0.05, 0) is 60.2 Å². The second kappa shape index (κ2) is 6.95. The third-order valence-electron chi connectivity index (χ3n) is 4.05. The molecule has 1 aliphatic rings. The SMILES string of the molecule is COc1ccc2c(c1)CCC(c1ccc(OCC(C)C)cc1)O2. The Morgan fingerprint density at radius 3 is 2.52 bits per heavy atom. The molecule has 23 heavy (non-hydrogen) atoms. The summed E-state index contributed by atoms with van der Waals surface area (Å²) in [5, 5.41) is 0. The molecule has 1 atom stereocenters. The van der Waals surface area contributed by atoms with E-state index in [-0.39, 0.29) is 6.10 Å². The minimum absolute atomic E-state index is 0.107. The molecule has 0 saturated carbocycles. The van der Waals surface area contributed by atoms with Gasteiger partial charge < -0.3 is 14.2 Å². The van der Waals surface area contributed by atoms with Crippen LogP contribution < -0.4 is 14.2 Å². The van der Waals surface area contributed by atoms with Gasteiger partial charge in [0.15, 0.2) is 0 Å². The van der Waals surface area contributed by atoms with Crippen LogP contribution in [0, 0.1) is 5.92 Å². The van der Waals surface area contributed by atoms with E-state index in [1.54, 1.807) is 7.11 Å². The predicted octanol–water partition coefficient (Wildman–Crippen LogP) is 4.80. The lowest BCUT2D eigenvalue weighted by atomic mass is 9.97. The molecule has 0 aliphatic carbocycles. The van der Waals surface area contributed by atoms with Gasteiger partial charge >= 0.3 is 0 Å². The minimum atomic E-state index is 0.107. The first-order valence-corrected chi connectivity index (χ1v) is 8.22. The van der Waals surface area contributed by atoms with E-state index in [2.05, 4.69) is 32.0 Å². The highest BCUT2D eigenvalue weighted by Gasteiger charge is 2.21. The van der Waals surface area contributed by atoms with Crippen molar-refractivity contribution >= 4 is 0 Å². The zero-order valence-corrected chi connectivity index (χ0v) is 14.0. The number of hydrogen-bond donors (Lipinski definition) is 0. The smallest absolute Gasteiger partial charge is 0.124 e. The van der Waals surface area contributed by atoms with Crippen LogP contribution in [-0.4, -0.2) is 13.7 Å². The lowest BCUT2D eigenvalue weighted by molar-refractivity contribution is 0.176. The van der Waals surface area contributed by atoms with Crippen molar-refractivity contribution in [2.45, 2.75) is 32.8 Å². The van der Waals surface area contributed by atoms with E-state index in [1.165, 1.54) is 11.1 Å². The summed E-state index contributed by atoms with van der Waals surface area (Å²) in [6.45, 7) is 5.04. The van der Waals surface area contributed by atoms with E-state index >= 15 is 0 Å². The van der Waals surface area contributed by atoms with E-state index in [0.29, 0.717) is 5.92 Å². The molecule has 122 valence electrons. The number of benzene rings is 2. The molecule has 1 aliphatic heterocycles. The van der Waals surface area contributed by atoms with Crippen LogP contribution in [-0.2, 0) is 6.42 Å². The lowest BCUT2D eigenvalue weighted by Crippen LogP contribution is -2.15. The van der Waals surface area contributed by atoms with Gasteiger partial charge in [-0.2, -0.15) is 0 Å². The topological polar surface area (TPSA) is 27.7 Å². The monoisotopic (exact) mass is 312 g/mol. The van der Waals surface area contributed by atoms with Crippen molar-refractivity contribution in [3.63, 3.8) is 0 Å². The maximum atomic E-state index is 6.16. The molecule has 0 saturated heterocycles. The second-order valence-corrected chi connectivity index (χ2v) is 6.39. The van der Waals surface area contributed by atoms with Crippen LogP contribution in [0.25, 0.3) is 0 Å². The van der Waals surface area contributed by atoms with Crippen LogP contribution in [0.3, 0.4) is 0 Å². The van der Waals surface area contributed by atoms with Gasteiger partial charge in [-0.1, -0.05) is 26.0 Å². The van der Waals surface area contributed by atoms with Crippen LogP contribution in [0.15, 0.2) is 42.5 Å². The molecule has 3 heteroatoms. The Hall–Kier alpha value is -2.16. The number of hydrogen-bond acceptors (Lipinski definition) is 3. The molecular formula is C20H24O3. The third-order valence-corrected chi connectivity index (χ3v) is 4.05. The van der Waals surface area contributed by atoms with E-state index in [4.69, 9.17) is 14.2 Å². The summed E-state index contributed by atoms with van der Waals surface area (Å²) in [7, 11) is 1.69. The van der Waals surface area contributed by atoms with Crippen molar-refractivity contribution in [3.05, 3.63) is 53.6 Å². The van der Waals surface area contributed by atoms with Crippen molar-refractivity contribution in [1.82, 2.24) is 0 Å². The fourth-order valence-corrected chi connectivity index (χ4v) is 2.77. The molecule has 0 amide bonds. The normalized spacial score (nSPS) is 16.6. The maximum Gasteiger partial charge on any atom is 0.124 e. The second-order valence-electron chi connectivity index (χ2n) is 6.39. The zero-order chi connectivity index (χ0) is 16.2. The molecule has 0 spiro atoms. The first-order chi connectivity index (χ1) is 11.2. The van der Waals surface area contributed by atoms with Crippen molar-refractivity contribution < 1.29 is 14.2 Å². The van der Waals surface area contributed by atoms with Gasteiger partial charge in [-0.3, -0.25) is 0 Å². The Kier molecular flexibility index (Phi) is 4.75. The minimum Gasteiger partial charge on any atom is -0.497 e. The average molecular weight is 312 g/mol. The molecule has 2 aromatic rings. The van der Waals surface area contributed by atoms with Gasteiger partial charge in [-0.15, -0.1) is 0 Å². The summed E-state index contributed by atoms with van der Waals surface area (Å²) < 4.78 is 17.2. The van der Waals surface area contributed by atoms with Gasteiger partial charge in [0.05, 0.1) is 13.7 Å². The van der Waals surface area contributed by atoms with Crippen LogP contribution in [0.2, 0.25) is 0 Å². The predicted molar refractivity (Wildman–Crippen MR) is 91.5 cm³/mol. The van der Waals surface area contributed by atoms with Crippen molar-refractivity contribution in [2.75, 3.05) is 13.7 Å². The van der Waals surface area contributed by atoms with E-state index in [0.717, 1.165) is 36.7 Å². The molecule has 1 unspecified atom stereocenters. The molecule has 1 heterocycles. The van der Waals surface area contributed by atoms with Crippen molar-refractivity contribution in [1.29, 1.82) is 0 Å². The fraction of sp³-hybridized carbons (Fsp3) is 0.400. The summed E-state index contributed by atoms with van der Waals surface area (Å²) in [6, 6.07) is 14.3. The molecule has 0 bridgehead atoms. The molecule has 3 rings (SSSR count). The fourth-order valence-electron chi connectivity index (χ4n) is 2.77. The van der Waals surface area contributed by atoms with Crippen LogP contribution in [0.1, 0.15) is 37.5 Å². The van der Waals surface area contributed by atoms with Gasteiger partial charge in [0, 0.05) is 0 Å². The Morgan fingerprint density at radius 1 is 1.09 bits per heavy atom. The number of rotatable bonds is 5. The maximum absolute atomic E-state index is 6.16. The summed E-state index contributed by atoms with van der Waals surface area (Å²) in [5.74, 6) is 3.30. The largest absolute Gasteiger partial charge is 0.497 e. The summed E-state index contributed by atoms with van der Waals surface area (Å²) in [5.41, 5.74) is 2.42. The molecule has 3 nitrogen and oxygen atoms in total. The summed E-state index contributed by atoms with van der Waals surface area (Å²) >= 11 is 0. The van der Waals surface area contributed by atoms with E-state index in [1.807, 2.05) is 24.3 Å². The highest BCUT2D eigenvalue weighted by atomic mass is 16.5. The van der Waals surface area contributed by atoms with Crippen LogP contribution in [0.5, 0.6) is 17.2 Å². The van der Waals surface area contributed by atoms with Gasteiger partial charge in [-0.25, -0.2) is 0 Å². The highest BCUT2D eigenvalue weighted by molar-refractivity contribution is 5.42. The lowest BCUT2D eigenvalue weighted by Gasteiger charge is -2.27. The summed E-state index contributed by atoms with van der Waals surface area (Å²) in [4.78, 5) is 0. The Morgan fingerprint density at radius 2 is 1.83 bits per heavy atom. The quantitative estimate of drug-likeness (QED) is 0.794. The Labute approximate surface area is 138 Å². The van der Waals surface area contributed by atoms with Crippen molar-refractivity contribution in [3.8, 4) is 17.2 Å². The Bertz CT molecular complexity index is 646. The van der Waals surface area contributed by atoms with E-state index in [9.17, 15) is 0 Å². The van der Waals surface area contributed by atoms with E-state index < -0.39 is 0 Å². The van der Waals surface area contributed by atoms with Crippen LogP contribution in [0.4, 0.5) is 0 Å². The number of ether oxygens (including phenoxy) is 3. The summed E-state index contributed by atoms with van der Waals surface area (Å²) in [6.07, 6.45) is 2.09.